The molecule has 0 fully saturated rings. The van der Waals surface area contributed by atoms with Crippen LogP contribution in [0.15, 0.2) is 84.0 Å². The van der Waals surface area contributed by atoms with E-state index in [1.807, 2.05) is 48.5 Å². The summed E-state index contributed by atoms with van der Waals surface area (Å²) in [6.45, 7) is 0.151. The number of hydrazone groups is 1. The zero-order chi connectivity index (χ0) is 22.6. The minimum atomic E-state index is -0.518. The maximum Gasteiger partial charge on any atom is 0.343 e. The summed E-state index contributed by atoms with van der Waals surface area (Å²) in [5, 5.41) is 13.7. The highest BCUT2D eigenvalue weighted by atomic mass is 32.2. The number of anilines is 2. The van der Waals surface area contributed by atoms with Gasteiger partial charge in [-0.1, -0.05) is 54.2 Å². The number of fused-ring (bicyclic) bond motifs is 1. The number of hydrogen-bond donors (Lipinski definition) is 3. The third kappa shape index (κ3) is 4.70. The largest absolute Gasteiger partial charge is 0.454 e. The second kappa shape index (κ2) is 9.13. The minimum Gasteiger partial charge on any atom is -0.454 e. The van der Waals surface area contributed by atoms with Crippen molar-refractivity contribution in [3.05, 3.63) is 84.4 Å². The number of nitrogens with one attached hydrogen (secondary N) is 3. The van der Waals surface area contributed by atoms with E-state index in [4.69, 9.17) is 9.47 Å². The van der Waals surface area contributed by atoms with E-state index in [2.05, 4.69) is 21.1 Å². The lowest BCUT2D eigenvalue weighted by molar-refractivity contribution is 0.174. The molecular formula is C23H19N5O4S. The molecule has 0 radical (unpaired) electrons. The summed E-state index contributed by atoms with van der Waals surface area (Å²) < 4.78 is 10.9. The van der Waals surface area contributed by atoms with Crippen LogP contribution in [0.5, 0.6) is 11.5 Å². The first kappa shape index (κ1) is 20.7. The highest BCUT2D eigenvalue weighted by Crippen LogP contribution is 2.43. The number of rotatable bonds is 3. The van der Waals surface area contributed by atoms with Crippen molar-refractivity contribution in [3.8, 4) is 11.5 Å². The zero-order valence-corrected chi connectivity index (χ0v) is 18.0. The summed E-state index contributed by atoms with van der Waals surface area (Å²) in [7, 11) is 0. The molecule has 10 heteroatoms. The Bertz CT molecular complexity index is 1210. The molecule has 2 heterocycles. The van der Waals surface area contributed by atoms with Gasteiger partial charge >= 0.3 is 12.1 Å². The average Bonchev–Trinajstić information content (AvgIpc) is 3.47. The van der Waals surface area contributed by atoms with Crippen LogP contribution in [0.4, 0.5) is 21.0 Å². The molecular weight excluding hydrogens is 442 g/mol. The fourth-order valence-electron chi connectivity index (χ4n) is 3.30. The number of amides is 4. The Kier molecular flexibility index (Phi) is 5.73. The van der Waals surface area contributed by atoms with E-state index in [1.54, 1.807) is 30.3 Å². The van der Waals surface area contributed by atoms with Gasteiger partial charge in [0.1, 0.15) is 5.37 Å². The number of nitrogens with zero attached hydrogens (tertiary/aromatic N) is 2. The molecule has 9 nitrogen and oxygen atoms in total. The van der Waals surface area contributed by atoms with Crippen LogP contribution in [0.1, 0.15) is 10.9 Å². The first-order valence-electron chi connectivity index (χ1n) is 10.1. The second-order valence-corrected chi connectivity index (χ2v) is 8.14. The van der Waals surface area contributed by atoms with E-state index in [0.29, 0.717) is 22.9 Å². The summed E-state index contributed by atoms with van der Waals surface area (Å²) in [4.78, 5) is 25.5. The fraction of sp³-hybridized carbons (Fsp3) is 0.0870. The van der Waals surface area contributed by atoms with Gasteiger partial charge in [-0.2, -0.15) is 5.01 Å². The molecule has 0 saturated carbocycles. The van der Waals surface area contributed by atoms with E-state index < -0.39 is 17.4 Å². The van der Waals surface area contributed by atoms with E-state index >= 15 is 0 Å². The molecule has 0 bridgehead atoms. The van der Waals surface area contributed by atoms with Gasteiger partial charge in [-0.25, -0.2) is 9.59 Å². The lowest BCUT2D eigenvalue weighted by Crippen LogP contribution is -2.32. The third-order valence-corrected chi connectivity index (χ3v) is 5.91. The van der Waals surface area contributed by atoms with Crippen LogP contribution < -0.4 is 25.4 Å². The Balaban J connectivity index is 1.36. The lowest BCUT2D eigenvalue weighted by Gasteiger charge is -2.21. The molecule has 0 spiro atoms. The maximum absolute atomic E-state index is 13.1. The van der Waals surface area contributed by atoms with Crippen molar-refractivity contribution < 1.29 is 19.1 Å². The summed E-state index contributed by atoms with van der Waals surface area (Å²) in [5.74, 6) is 1.24. The number of benzene rings is 3. The molecule has 2 aliphatic heterocycles. The number of amidine groups is 1. The van der Waals surface area contributed by atoms with Crippen LogP contribution in [-0.2, 0) is 0 Å². The molecule has 3 N–H and O–H groups in total. The molecule has 0 saturated heterocycles. The number of hydrogen-bond acceptors (Lipinski definition) is 6. The predicted octanol–water partition coefficient (Wildman–Crippen LogP) is 4.79. The predicted molar refractivity (Wildman–Crippen MR) is 126 cm³/mol. The Hall–Kier alpha value is -4.18. The lowest BCUT2D eigenvalue weighted by atomic mass is 10.2. The van der Waals surface area contributed by atoms with Gasteiger partial charge < -0.3 is 20.1 Å². The van der Waals surface area contributed by atoms with E-state index in [1.165, 1.54) is 16.8 Å². The third-order valence-electron chi connectivity index (χ3n) is 4.81. The van der Waals surface area contributed by atoms with Crippen molar-refractivity contribution in [3.63, 3.8) is 0 Å². The number of ether oxygens (including phenoxy) is 2. The van der Waals surface area contributed by atoms with Crippen LogP contribution in [0, 0.1) is 0 Å². The molecule has 0 aliphatic carbocycles. The summed E-state index contributed by atoms with van der Waals surface area (Å²) >= 11 is 1.24. The molecule has 0 aromatic heterocycles. The zero-order valence-electron chi connectivity index (χ0n) is 17.2. The molecule has 4 amide bonds. The van der Waals surface area contributed by atoms with Gasteiger partial charge in [0, 0.05) is 11.4 Å². The fourth-order valence-corrected chi connectivity index (χ4v) is 4.32. The smallest absolute Gasteiger partial charge is 0.343 e. The standard InChI is InChI=1S/C23H19N5O4S/c29-21(24-16-7-3-1-4-8-16)26-22-27-28(23(30)25-17-9-5-2-6-10-17)20(33-22)15-11-12-18-19(13-15)32-14-31-18/h1-13,20H,14H2,(H,25,30)(H2,24,26,27,29)/t20-/m1/s1. The van der Waals surface area contributed by atoms with Crippen molar-refractivity contribution in [2.45, 2.75) is 5.37 Å². The highest BCUT2D eigenvalue weighted by Gasteiger charge is 2.35. The topological polar surface area (TPSA) is 104 Å². The molecule has 5 rings (SSSR count). The van der Waals surface area contributed by atoms with Crippen molar-refractivity contribution in [1.82, 2.24) is 10.3 Å². The Morgan fingerprint density at radius 1 is 0.848 bits per heavy atom. The van der Waals surface area contributed by atoms with Crippen molar-refractivity contribution in [2.24, 2.45) is 5.10 Å². The van der Waals surface area contributed by atoms with Crippen LogP contribution in [0.3, 0.4) is 0 Å². The Morgan fingerprint density at radius 3 is 2.24 bits per heavy atom. The first-order valence-corrected chi connectivity index (χ1v) is 11.0. The molecule has 166 valence electrons. The van der Waals surface area contributed by atoms with E-state index in [-0.39, 0.29) is 12.0 Å². The monoisotopic (exact) mass is 461 g/mol. The molecule has 3 aromatic rings. The molecule has 3 aromatic carbocycles. The van der Waals surface area contributed by atoms with Gasteiger partial charge in [-0.05, 0) is 42.0 Å². The van der Waals surface area contributed by atoms with E-state index in [0.717, 1.165) is 5.56 Å². The molecule has 0 unspecified atom stereocenters. The van der Waals surface area contributed by atoms with Crippen molar-refractivity contribution in [2.75, 3.05) is 17.4 Å². The average molecular weight is 462 g/mol. The van der Waals surface area contributed by atoms with Gasteiger partial charge in [0.25, 0.3) is 0 Å². The molecule has 2 aliphatic rings. The minimum absolute atomic E-state index is 0.151. The Labute approximate surface area is 193 Å². The normalized spacial score (nSPS) is 16.2. The molecule has 33 heavy (non-hydrogen) atoms. The number of carbonyl (C=O) groups is 2. The van der Waals surface area contributed by atoms with Crippen molar-refractivity contribution >= 4 is 40.4 Å². The summed E-state index contributed by atoms with van der Waals surface area (Å²) in [6, 6.07) is 22.7. The summed E-state index contributed by atoms with van der Waals surface area (Å²) in [6.07, 6.45) is 0. The quantitative estimate of drug-likeness (QED) is 0.520. The van der Waals surface area contributed by atoms with Crippen LogP contribution >= 0.6 is 11.8 Å². The number of thioether (sulfide) groups is 1. The second-order valence-electron chi connectivity index (χ2n) is 7.07. The first-order chi connectivity index (χ1) is 16.2. The number of urea groups is 2. The van der Waals surface area contributed by atoms with Gasteiger partial charge in [0.05, 0.1) is 0 Å². The van der Waals surface area contributed by atoms with Crippen LogP contribution in [-0.4, -0.2) is 29.0 Å². The highest BCUT2D eigenvalue weighted by molar-refractivity contribution is 8.14. The number of carbonyl (C=O) groups excluding carboxylic acids is 2. The summed E-state index contributed by atoms with van der Waals surface area (Å²) in [5.41, 5.74) is 2.05. The Morgan fingerprint density at radius 2 is 1.52 bits per heavy atom. The van der Waals surface area contributed by atoms with Crippen LogP contribution in [0.2, 0.25) is 0 Å². The van der Waals surface area contributed by atoms with Gasteiger partial charge in [0.2, 0.25) is 6.79 Å². The van der Waals surface area contributed by atoms with Crippen LogP contribution in [0.25, 0.3) is 0 Å². The van der Waals surface area contributed by atoms with Crippen molar-refractivity contribution in [1.29, 1.82) is 0 Å². The van der Waals surface area contributed by atoms with Gasteiger partial charge in [0.15, 0.2) is 16.7 Å². The number of para-hydroxylation sites is 2. The van der Waals surface area contributed by atoms with E-state index in [9.17, 15) is 9.59 Å². The maximum atomic E-state index is 13.1. The van der Waals surface area contributed by atoms with Gasteiger partial charge in [-0.15, -0.1) is 5.10 Å². The van der Waals surface area contributed by atoms with Gasteiger partial charge in [-0.3, -0.25) is 5.32 Å². The SMILES string of the molecule is O=C(NC1=NN(C(=O)Nc2ccccc2)[C@@H](c2ccc3c(c2)OCO3)S1)Nc1ccccc1. The molecule has 1 atom stereocenters.